The van der Waals surface area contributed by atoms with Crippen LogP contribution in [0, 0.1) is 12.3 Å². The molecule has 0 unspecified atom stereocenters. The summed E-state index contributed by atoms with van der Waals surface area (Å²) in [6.45, 7) is 0. The summed E-state index contributed by atoms with van der Waals surface area (Å²) < 4.78 is 0. The minimum absolute atomic E-state index is 0.835. The topological polar surface area (TPSA) is 28.7 Å². The molecule has 0 spiro atoms. The predicted molar refractivity (Wildman–Crippen MR) is 103 cm³/mol. The van der Waals surface area contributed by atoms with E-state index in [1.54, 1.807) is 0 Å². The first kappa shape index (κ1) is 15.0. The highest BCUT2D eigenvalue weighted by Crippen LogP contribution is 2.32. The molecule has 4 rings (SSSR count). The standard InChI is InChI=1S/C23H16N2/c1-2-17-13-15-20(16-14-17)23-24-21(18-9-5-3-6-10-18)22(25-23)19-11-7-4-8-12-19/h1,3-16H,(H,24,25). The molecule has 2 heteroatoms. The van der Waals surface area contributed by atoms with Gasteiger partial charge in [0.25, 0.3) is 0 Å². The molecule has 0 saturated heterocycles. The zero-order valence-corrected chi connectivity index (χ0v) is 13.6. The molecule has 118 valence electrons. The van der Waals surface area contributed by atoms with Crippen molar-refractivity contribution in [2.75, 3.05) is 0 Å². The van der Waals surface area contributed by atoms with Crippen molar-refractivity contribution in [3.63, 3.8) is 0 Å². The van der Waals surface area contributed by atoms with E-state index in [4.69, 9.17) is 11.4 Å². The SMILES string of the molecule is C#Cc1ccc(-c2nc(-c3ccccc3)c(-c3ccccc3)[nH]2)cc1. The number of terminal acetylenes is 1. The summed E-state index contributed by atoms with van der Waals surface area (Å²) in [7, 11) is 0. The fourth-order valence-electron chi connectivity index (χ4n) is 2.85. The lowest BCUT2D eigenvalue weighted by Crippen LogP contribution is -1.82. The van der Waals surface area contributed by atoms with E-state index in [2.05, 4.69) is 35.2 Å². The van der Waals surface area contributed by atoms with E-state index in [-0.39, 0.29) is 0 Å². The summed E-state index contributed by atoms with van der Waals surface area (Å²) >= 11 is 0. The van der Waals surface area contributed by atoms with Crippen LogP contribution in [-0.2, 0) is 0 Å². The lowest BCUT2D eigenvalue weighted by molar-refractivity contribution is 1.31. The van der Waals surface area contributed by atoms with Gasteiger partial charge in [-0.15, -0.1) is 6.42 Å². The third-order valence-electron chi connectivity index (χ3n) is 4.14. The van der Waals surface area contributed by atoms with E-state index >= 15 is 0 Å². The van der Waals surface area contributed by atoms with Crippen molar-refractivity contribution in [3.8, 4) is 46.2 Å². The zero-order chi connectivity index (χ0) is 17.1. The summed E-state index contributed by atoms with van der Waals surface area (Å²) in [6.07, 6.45) is 5.45. The summed E-state index contributed by atoms with van der Waals surface area (Å²) in [6, 6.07) is 28.3. The average molecular weight is 320 g/mol. The van der Waals surface area contributed by atoms with Crippen LogP contribution in [0.25, 0.3) is 33.9 Å². The molecule has 0 aliphatic heterocycles. The van der Waals surface area contributed by atoms with Crippen molar-refractivity contribution in [1.82, 2.24) is 9.97 Å². The Balaban J connectivity index is 1.87. The maximum atomic E-state index is 5.45. The van der Waals surface area contributed by atoms with Crippen molar-refractivity contribution in [1.29, 1.82) is 0 Å². The average Bonchev–Trinajstić information content (AvgIpc) is 3.15. The zero-order valence-electron chi connectivity index (χ0n) is 13.6. The summed E-state index contributed by atoms with van der Waals surface area (Å²) in [5, 5.41) is 0. The van der Waals surface area contributed by atoms with Crippen molar-refractivity contribution >= 4 is 0 Å². The number of hydrogen-bond acceptors (Lipinski definition) is 1. The van der Waals surface area contributed by atoms with Gasteiger partial charge in [-0.3, -0.25) is 0 Å². The van der Waals surface area contributed by atoms with Gasteiger partial charge in [0, 0.05) is 22.3 Å². The quantitative estimate of drug-likeness (QED) is 0.504. The van der Waals surface area contributed by atoms with E-state index in [0.717, 1.165) is 39.5 Å². The molecule has 0 fully saturated rings. The lowest BCUT2D eigenvalue weighted by atomic mass is 10.1. The molecule has 0 bridgehead atoms. The highest BCUT2D eigenvalue weighted by molar-refractivity contribution is 5.81. The molecule has 1 aromatic heterocycles. The van der Waals surface area contributed by atoms with Crippen LogP contribution in [0.4, 0.5) is 0 Å². The van der Waals surface area contributed by atoms with E-state index in [1.165, 1.54) is 0 Å². The Hall–Kier alpha value is -3.57. The van der Waals surface area contributed by atoms with Crippen molar-refractivity contribution in [2.24, 2.45) is 0 Å². The molecule has 1 N–H and O–H groups in total. The Morgan fingerprint density at radius 2 is 1.28 bits per heavy atom. The van der Waals surface area contributed by atoms with Gasteiger partial charge >= 0.3 is 0 Å². The van der Waals surface area contributed by atoms with Crippen LogP contribution < -0.4 is 0 Å². The maximum Gasteiger partial charge on any atom is 0.138 e. The number of aromatic amines is 1. The first-order valence-corrected chi connectivity index (χ1v) is 8.13. The van der Waals surface area contributed by atoms with Crippen LogP contribution in [0.1, 0.15) is 5.56 Å². The van der Waals surface area contributed by atoms with Crippen molar-refractivity contribution < 1.29 is 0 Å². The van der Waals surface area contributed by atoms with Crippen LogP contribution in [0.15, 0.2) is 84.9 Å². The summed E-state index contributed by atoms with van der Waals surface area (Å²) in [5.41, 5.74) is 6.04. The molecule has 0 radical (unpaired) electrons. The Morgan fingerprint density at radius 3 is 1.88 bits per heavy atom. The third kappa shape index (κ3) is 2.96. The minimum Gasteiger partial charge on any atom is -0.337 e. The third-order valence-corrected chi connectivity index (χ3v) is 4.14. The minimum atomic E-state index is 0.835. The number of rotatable bonds is 3. The molecule has 0 aliphatic carbocycles. The fraction of sp³-hybridized carbons (Fsp3) is 0. The second-order valence-corrected chi connectivity index (χ2v) is 5.76. The fourth-order valence-corrected chi connectivity index (χ4v) is 2.85. The highest BCUT2D eigenvalue weighted by Gasteiger charge is 2.14. The Morgan fingerprint density at radius 1 is 0.680 bits per heavy atom. The van der Waals surface area contributed by atoms with Gasteiger partial charge in [-0.25, -0.2) is 4.98 Å². The number of benzene rings is 3. The van der Waals surface area contributed by atoms with Gasteiger partial charge in [0.1, 0.15) is 5.82 Å². The maximum absolute atomic E-state index is 5.45. The van der Waals surface area contributed by atoms with Crippen LogP contribution in [0.5, 0.6) is 0 Å². The van der Waals surface area contributed by atoms with Gasteiger partial charge in [-0.2, -0.15) is 0 Å². The Labute approximate surface area is 147 Å². The van der Waals surface area contributed by atoms with E-state index < -0.39 is 0 Å². The predicted octanol–water partition coefficient (Wildman–Crippen LogP) is 5.39. The number of H-pyrrole nitrogens is 1. The normalized spacial score (nSPS) is 10.4. The Bertz CT molecular complexity index is 964. The monoisotopic (exact) mass is 320 g/mol. The molecule has 1 heterocycles. The Kier molecular flexibility index (Phi) is 3.90. The molecule has 0 amide bonds. The van der Waals surface area contributed by atoms with Gasteiger partial charge in [-0.05, 0) is 12.1 Å². The second kappa shape index (κ2) is 6.51. The molecule has 0 atom stereocenters. The molecule has 2 nitrogen and oxygen atoms in total. The number of imidazole rings is 1. The molecular formula is C23H16N2. The van der Waals surface area contributed by atoms with Crippen LogP contribution in [0.3, 0.4) is 0 Å². The van der Waals surface area contributed by atoms with E-state index in [0.29, 0.717) is 0 Å². The second-order valence-electron chi connectivity index (χ2n) is 5.76. The van der Waals surface area contributed by atoms with E-state index in [9.17, 15) is 0 Å². The lowest BCUT2D eigenvalue weighted by Gasteiger charge is -2.02. The molecule has 0 saturated carbocycles. The van der Waals surface area contributed by atoms with Gasteiger partial charge in [0.2, 0.25) is 0 Å². The van der Waals surface area contributed by atoms with E-state index in [1.807, 2.05) is 60.7 Å². The number of hydrogen-bond donors (Lipinski definition) is 1. The molecular weight excluding hydrogens is 304 g/mol. The van der Waals surface area contributed by atoms with Crippen molar-refractivity contribution in [3.05, 3.63) is 90.5 Å². The molecule has 25 heavy (non-hydrogen) atoms. The summed E-state index contributed by atoms with van der Waals surface area (Å²) in [4.78, 5) is 8.36. The van der Waals surface area contributed by atoms with Crippen LogP contribution in [0.2, 0.25) is 0 Å². The summed E-state index contributed by atoms with van der Waals surface area (Å²) in [5.74, 6) is 3.48. The smallest absolute Gasteiger partial charge is 0.138 e. The highest BCUT2D eigenvalue weighted by atomic mass is 14.9. The van der Waals surface area contributed by atoms with Crippen LogP contribution >= 0.6 is 0 Å². The number of nitrogens with one attached hydrogen (secondary N) is 1. The van der Waals surface area contributed by atoms with Gasteiger partial charge in [-0.1, -0.05) is 78.7 Å². The van der Waals surface area contributed by atoms with Gasteiger partial charge < -0.3 is 4.98 Å². The first-order chi connectivity index (χ1) is 12.3. The molecule has 3 aromatic carbocycles. The number of aromatic nitrogens is 2. The van der Waals surface area contributed by atoms with Crippen molar-refractivity contribution in [2.45, 2.75) is 0 Å². The van der Waals surface area contributed by atoms with Crippen LogP contribution in [-0.4, -0.2) is 9.97 Å². The van der Waals surface area contributed by atoms with Gasteiger partial charge in [0.05, 0.1) is 11.4 Å². The van der Waals surface area contributed by atoms with Gasteiger partial charge in [0.15, 0.2) is 0 Å². The molecule has 4 aromatic rings. The largest absolute Gasteiger partial charge is 0.337 e. The number of nitrogens with zero attached hydrogens (tertiary/aromatic N) is 1. The first-order valence-electron chi connectivity index (χ1n) is 8.13. The molecule has 0 aliphatic rings.